The Hall–Kier alpha value is -2.82. The lowest BCUT2D eigenvalue weighted by Gasteiger charge is -2.03. The molecule has 0 unspecified atom stereocenters. The van der Waals surface area contributed by atoms with E-state index >= 15 is 0 Å². The maximum atomic E-state index is 12.2. The van der Waals surface area contributed by atoms with Crippen molar-refractivity contribution in [2.45, 2.75) is 27.3 Å². The molecular formula is C18H19N3O2. The van der Waals surface area contributed by atoms with Crippen molar-refractivity contribution < 1.29 is 9.21 Å². The Balaban J connectivity index is 1.68. The molecule has 0 saturated heterocycles. The lowest BCUT2D eigenvalue weighted by molar-refractivity contribution is 0.102. The molecule has 0 fully saturated rings. The summed E-state index contributed by atoms with van der Waals surface area (Å²) < 4.78 is 7.18. The second-order valence-electron chi connectivity index (χ2n) is 5.67. The van der Waals surface area contributed by atoms with Gasteiger partial charge in [-0.05, 0) is 32.4 Å². The van der Waals surface area contributed by atoms with E-state index in [1.807, 2.05) is 13.1 Å². The summed E-state index contributed by atoms with van der Waals surface area (Å²) in [5, 5.41) is 7.18. The van der Waals surface area contributed by atoms with Crippen LogP contribution in [0.5, 0.6) is 0 Å². The van der Waals surface area contributed by atoms with Crippen molar-refractivity contribution in [3.05, 3.63) is 70.8 Å². The third-order valence-corrected chi connectivity index (χ3v) is 3.63. The number of furan rings is 1. The lowest BCUT2D eigenvalue weighted by atomic mass is 10.1. The molecule has 23 heavy (non-hydrogen) atoms. The van der Waals surface area contributed by atoms with Gasteiger partial charge >= 0.3 is 0 Å². The van der Waals surface area contributed by atoms with Crippen LogP contribution in [0.3, 0.4) is 0 Å². The first kappa shape index (κ1) is 15.1. The molecule has 3 rings (SSSR count). The van der Waals surface area contributed by atoms with Gasteiger partial charge in [-0.1, -0.05) is 29.8 Å². The van der Waals surface area contributed by atoms with E-state index < -0.39 is 0 Å². The van der Waals surface area contributed by atoms with Gasteiger partial charge in [-0.3, -0.25) is 9.48 Å². The Morgan fingerprint density at radius 2 is 1.91 bits per heavy atom. The highest BCUT2D eigenvalue weighted by Crippen LogP contribution is 2.15. The topological polar surface area (TPSA) is 60.1 Å². The number of nitrogens with zero attached hydrogens (tertiary/aromatic N) is 2. The number of amides is 1. The molecule has 0 bridgehead atoms. The van der Waals surface area contributed by atoms with E-state index in [9.17, 15) is 4.79 Å². The minimum absolute atomic E-state index is 0.208. The molecule has 0 saturated carbocycles. The lowest BCUT2D eigenvalue weighted by Crippen LogP contribution is -2.13. The van der Waals surface area contributed by atoms with Crippen LogP contribution < -0.4 is 5.32 Å². The van der Waals surface area contributed by atoms with E-state index in [4.69, 9.17) is 4.42 Å². The maximum absolute atomic E-state index is 12.2. The monoisotopic (exact) mass is 309 g/mol. The molecule has 5 heteroatoms. The number of hydrogen-bond donors (Lipinski definition) is 1. The molecule has 0 radical (unpaired) electrons. The van der Waals surface area contributed by atoms with Crippen molar-refractivity contribution in [2.75, 3.05) is 5.32 Å². The van der Waals surface area contributed by atoms with E-state index in [0.717, 1.165) is 11.3 Å². The summed E-state index contributed by atoms with van der Waals surface area (Å²) in [7, 11) is 0. The fourth-order valence-electron chi connectivity index (χ4n) is 2.44. The Morgan fingerprint density at radius 1 is 1.17 bits per heavy atom. The predicted molar refractivity (Wildman–Crippen MR) is 88.6 cm³/mol. The molecule has 118 valence electrons. The highest BCUT2D eigenvalue weighted by atomic mass is 16.3. The zero-order valence-electron chi connectivity index (χ0n) is 13.5. The minimum Gasteiger partial charge on any atom is -0.466 e. The van der Waals surface area contributed by atoms with Crippen LogP contribution in [0.4, 0.5) is 5.82 Å². The minimum atomic E-state index is -0.208. The van der Waals surface area contributed by atoms with Gasteiger partial charge in [0.25, 0.3) is 5.91 Å². The zero-order valence-corrected chi connectivity index (χ0v) is 13.5. The van der Waals surface area contributed by atoms with Crippen LogP contribution in [0.1, 0.15) is 33.0 Å². The van der Waals surface area contributed by atoms with E-state index in [2.05, 4.69) is 41.6 Å². The van der Waals surface area contributed by atoms with Crippen LogP contribution >= 0.6 is 0 Å². The Morgan fingerprint density at radius 3 is 2.57 bits per heavy atom. The number of carbonyl (C=O) groups excluding carboxylic acids is 1. The summed E-state index contributed by atoms with van der Waals surface area (Å²) in [6.45, 7) is 6.32. The van der Waals surface area contributed by atoms with E-state index in [0.29, 0.717) is 23.7 Å². The molecule has 1 aromatic carbocycles. The molecule has 0 aliphatic carbocycles. The fourth-order valence-corrected chi connectivity index (χ4v) is 2.44. The third-order valence-electron chi connectivity index (χ3n) is 3.63. The van der Waals surface area contributed by atoms with Crippen molar-refractivity contribution >= 4 is 11.7 Å². The third kappa shape index (κ3) is 3.51. The molecule has 2 aromatic heterocycles. The van der Waals surface area contributed by atoms with Gasteiger partial charge in [0.15, 0.2) is 5.82 Å². The Labute approximate surface area is 134 Å². The van der Waals surface area contributed by atoms with Gasteiger partial charge in [-0.2, -0.15) is 5.10 Å². The number of hydrogen-bond acceptors (Lipinski definition) is 3. The quantitative estimate of drug-likeness (QED) is 0.799. The molecule has 1 amide bonds. The highest BCUT2D eigenvalue weighted by molar-refractivity contribution is 6.04. The molecular weight excluding hydrogens is 290 g/mol. The van der Waals surface area contributed by atoms with Crippen LogP contribution in [0.25, 0.3) is 0 Å². The fraction of sp³-hybridized carbons (Fsp3) is 0.222. The molecule has 3 aromatic rings. The SMILES string of the molecule is Cc1ccc(Cn2ccc(NC(=O)c3cc(C)oc3C)n2)cc1. The van der Waals surface area contributed by atoms with Gasteiger partial charge in [0.2, 0.25) is 0 Å². The summed E-state index contributed by atoms with van der Waals surface area (Å²) in [5.41, 5.74) is 2.93. The predicted octanol–water partition coefficient (Wildman–Crippen LogP) is 3.70. The second kappa shape index (κ2) is 6.12. The van der Waals surface area contributed by atoms with Crippen LogP contribution in [0, 0.1) is 20.8 Å². The zero-order chi connectivity index (χ0) is 16.4. The molecule has 0 aliphatic rings. The molecule has 2 heterocycles. The van der Waals surface area contributed by atoms with Crippen LogP contribution in [0.15, 0.2) is 47.0 Å². The molecule has 0 atom stereocenters. The number of anilines is 1. The second-order valence-corrected chi connectivity index (χ2v) is 5.67. The van der Waals surface area contributed by atoms with Crippen molar-refractivity contribution in [2.24, 2.45) is 0 Å². The van der Waals surface area contributed by atoms with Gasteiger partial charge < -0.3 is 9.73 Å². The Kier molecular flexibility index (Phi) is 4.02. The number of benzene rings is 1. The van der Waals surface area contributed by atoms with Crippen LogP contribution in [0.2, 0.25) is 0 Å². The summed E-state index contributed by atoms with van der Waals surface area (Å²) in [5.74, 6) is 1.65. The summed E-state index contributed by atoms with van der Waals surface area (Å²) in [4.78, 5) is 12.2. The van der Waals surface area contributed by atoms with Crippen molar-refractivity contribution in [3.8, 4) is 0 Å². The van der Waals surface area contributed by atoms with Gasteiger partial charge in [0.1, 0.15) is 11.5 Å². The highest BCUT2D eigenvalue weighted by Gasteiger charge is 2.14. The van der Waals surface area contributed by atoms with Gasteiger partial charge in [-0.25, -0.2) is 0 Å². The standard InChI is InChI=1S/C18H19N3O2/c1-12-4-6-15(7-5-12)11-21-9-8-17(20-21)19-18(22)16-10-13(2)23-14(16)3/h4-10H,11H2,1-3H3,(H,19,20,22). The number of carbonyl (C=O) groups is 1. The molecule has 0 spiro atoms. The summed E-state index contributed by atoms with van der Waals surface area (Å²) >= 11 is 0. The molecule has 1 N–H and O–H groups in total. The summed E-state index contributed by atoms with van der Waals surface area (Å²) in [6.07, 6.45) is 1.85. The van der Waals surface area contributed by atoms with Crippen LogP contribution in [-0.4, -0.2) is 15.7 Å². The van der Waals surface area contributed by atoms with E-state index in [1.54, 1.807) is 23.7 Å². The first-order valence-electron chi connectivity index (χ1n) is 7.48. The Bertz CT molecular complexity index is 828. The number of rotatable bonds is 4. The van der Waals surface area contributed by atoms with Crippen molar-refractivity contribution in [1.82, 2.24) is 9.78 Å². The average molecular weight is 309 g/mol. The molecule has 0 aliphatic heterocycles. The number of aryl methyl sites for hydroxylation is 3. The normalized spacial score (nSPS) is 10.7. The molecule has 5 nitrogen and oxygen atoms in total. The first-order chi connectivity index (χ1) is 11.0. The van der Waals surface area contributed by atoms with Gasteiger partial charge in [-0.15, -0.1) is 0 Å². The average Bonchev–Trinajstić information content (AvgIpc) is 3.07. The summed E-state index contributed by atoms with van der Waals surface area (Å²) in [6, 6.07) is 11.8. The van der Waals surface area contributed by atoms with Crippen molar-refractivity contribution in [3.63, 3.8) is 0 Å². The van der Waals surface area contributed by atoms with Gasteiger partial charge in [0.05, 0.1) is 12.1 Å². The number of nitrogens with one attached hydrogen (secondary N) is 1. The van der Waals surface area contributed by atoms with E-state index in [-0.39, 0.29) is 5.91 Å². The largest absolute Gasteiger partial charge is 0.466 e. The van der Waals surface area contributed by atoms with E-state index in [1.165, 1.54) is 5.56 Å². The van der Waals surface area contributed by atoms with Crippen molar-refractivity contribution in [1.29, 1.82) is 0 Å². The smallest absolute Gasteiger partial charge is 0.260 e. The van der Waals surface area contributed by atoms with Crippen LogP contribution in [-0.2, 0) is 6.54 Å². The first-order valence-corrected chi connectivity index (χ1v) is 7.48. The number of aromatic nitrogens is 2. The maximum Gasteiger partial charge on any atom is 0.260 e. The van der Waals surface area contributed by atoms with Gasteiger partial charge in [0, 0.05) is 12.3 Å².